The van der Waals surface area contributed by atoms with Gasteiger partial charge in [-0.1, -0.05) is 30.3 Å². The Kier molecular flexibility index (Phi) is 4.97. The zero-order chi connectivity index (χ0) is 13.7. The van der Waals surface area contributed by atoms with Gasteiger partial charge in [0.15, 0.2) is 0 Å². The molecule has 1 N–H and O–H groups in total. The van der Waals surface area contributed by atoms with Gasteiger partial charge in [0.2, 0.25) is 0 Å². The number of nitrogens with zero attached hydrogens (tertiary/aromatic N) is 1. The Morgan fingerprint density at radius 2 is 2.11 bits per heavy atom. The van der Waals surface area contributed by atoms with E-state index in [-0.39, 0.29) is 5.54 Å². The molecule has 0 saturated carbocycles. The molecule has 1 aromatic rings. The van der Waals surface area contributed by atoms with Crippen LogP contribution in [0.15, 0.2) is 30.3 Å². The van der Waals surface area contributed by atoms with Crippen LogP contribution in [-0.2, 0) is 10.3 Å². The summed E-state index contributed by atoms with van der Waals surface area (Å²) < 4.78 is 5.19. The average Bonchev–Trinajstić information content (AvgIpc) is 2.44. The van der Waals surface area contributed by atoms with Gasteiger partial charge in [-0.3, -0.25) is 4.90 Å². The van der Waals surface area contributed by atoms with Gasteiger partial charge in [-0.2, -0.15) is 0 Å². The van der Waals surface area contributed by atoms with E-state index in [2.05, 4.69) is 54.4 Å². The molecule has 1 heterocycles. The largest absolute Gasteiger partial charge is 0.385 e. The molecule has 106 valence electrons. The van der Waals surface area contributed by atoms with Crippen LogP contribution in [0, 0.1) is 0 Å². The van der Waals surface area contributed by atoms with E-state index in [4.69, 9.17) is 4.74 Å². The number of nitrogens with one attached hydrogen (secondary N) is 1. The fraction of sp³-hybridized carbons (Fsp3) is 0.625. The molecule has 0 bridgehead atoms. The van der Waals surface area contributed by atoms with Gasteiger partial charge in [0, 0.05) is 39.4 Å². The van der Waals surface area contributed by atoms with Crippen molar-refractivity contribution in [3.05, 3.63) is 35.9 Å². The smallest absolute Gasteiger partial charge is 0.0558 e. The summed E-state index contributed by atoms with van der Waals surface area (Å²) in [5.74, 6) is 0. The SMILES string of the molecule is COCCCN1CC(C)NCC1(C)c1ccccc1. The van der Waals surface area contributed by atoms with Crippen molar-refractivity contribution >= 4 is 0 Å². The van der Waals surface area contributed by atoms with Crippen LogP contribution in [-0.4, -0.2) is 44.3 Å². The highest BCUT2D eigenvalue weighted by molar-refractivity contribution is 5.25. The highest BCUT2D eigenvalue weighted by Gasteiger charge is 2.37. The third-order valence-corrected chi connectivity index (χ3v) is 4.16. The lowest BCUT2D eigenvalue weighted by Gasteiger charge is -2.48. The lowest BCUT2D eigenvalue weighted by Crippen LogP contribution is -2.60. The maximum Gasteiger partial charge on any atom is 0.0558 e. The van der Waals surface area contributed by atoms with Crippen molar-refractivity contribution in [2.24, 2.45) is 0 Å². The number of ether oxygens (including phenoxy) is 1. The van der Waals surface area contributed by atoms with E-state index in [0.717, 1.165) is 32.7 Å². The molecule has 1 fully saturated rings. The number of rotatable bonds is 5. The number of methoxy groups -OCH3 is 1. The molecule has 0 amide bonds. The fourth-order valence-corrected chi connectivity index (χ4v) is 2.90. The van der Waals surface area contributed by atoms with Crippen LogP contribution < -0.4 is 5.32 Å². The van der Waals surface area contributed by atoms with Crippen LogP contribution in [0.25, 0.3) is 0 Å². The number of benzene rings is 1. The van der Waals surface area contributed by atoms with Crippen LogP contribution in [0.3, 0.4) is 0 Å². The van der Waals surface area contributed by atoms with Crippen LogP contribution in [0.4, 0.5) is 0 Å². The van der Waals surface area contributed by atoms with Crippen LogP contribution in [0.2, 0.25) is 0 Å². The maximum absolute atomic E-state index is 5.19. The van der Waals surface area contributed by atoms with Gasteiger partial charge in [-0.15, -0.1) is 0 Å². The van der Waals surface area contributed by atoms with Gasteiger partial charge in [0.1, 0.15) is 0 Å². The summed E-state index contributed by atoms with van der Waals surface area (Å²) in [6, 6.07) is 11.4. The minimum Gasteiger partial charge on any atom is -0.385 e. The Bertz CT molecular complexity index is 382. The topological polar surface area (TPSA) is 24.5 Å². The van der Waals surface area contributed by atoms with E-state index in [1.165, 1.54) is 5.56 Å². The minimum absolute atomic E-state index is 0.0848. The van der Waals surface area contributed by atoms with Gasteiger partial charge in [-0.05, 0) is 25.8 Å². The first-order chi connectivity index (χ1) is 9.16. The molecule has 2 rings (SSSR count). The second-order valence-electron chi connectivity index (χ2n) is 5.71. The molecule has 0 aliphatic carbocycles. The molecular weight excluding hydrogens is 236 g/mol. The number of piperazine rings is 1. The molecular formula is C16H26N2O. The predicted octanol–water partition coefficient (Wildman–Crippen LogP) is 2.23. The summed E-state index contributed by atoms with van der Waals surface area (Å²) in [5.41, 5.74) is 1.48. The highest BCUT2D eigenvalue weighted by atomic mass is 16.5. The van der Waals surface area contributed by atoms with Gasteiger partial charge in [0.25, 0.3) is 0 Å². The molecule has 2 unspecified atom stereocenters. The van der Waals surface area contributed by atoms with E-state index in [0.29, 0.717) is 6.04 Å². The van der Waals surface area contributed by atoms with Crippen molar-refractivity contribution in [1.82, 2.24) is 10.2 Å². The Hall–Kier alpha value is -0.900. The van der Waals surface area contributed by atoms with Crippen LogP contribution >= 0.6 is 0 Å². The summed E-state index contributed by atoms with van der Waals surface area (Å²) >= 11 is 0. The Morgan fingerprint density at radius 1 is 1.37 bits per heavy atom. The van der Waals surface area contributed by atoms with Crippen molar-refractivity contribution < 1.29 is 4.74 Å². The summed E-state index contributed by atoms with van der Waals surface area (Å²) in [7, 11) is 1.77. The molecule has 3 nitrogen and oxygen atoms in total. The zero-order valence-corrected chi connectivity index (χ0v) is 12.4. The normalized spacial score (nSPS) is 28.5. The highest BCUT2D eigenvalue weighted by Crippen LogP contribution is 2.30. The van der Waals surface area contributed by atoms with E-state index < -0.39 is 0 Å². The molecule has 19 heavy (non-hydrogen) atoms. The van der Waals surface area contributed by atoms with Gasteiger partial charge < -0.3 is 10.1 Å². The third kappa shape index (κ3) is 3.35. The van der Waals surface area contributed by atoms with Crippen molar-refractivity contribution in [2.75, 3.05) is 33.4 Å². The van der Waals surface area contributed by atoms with E-state index in [1.807, 2.05) is 0 Å². The lowest BCUT2D eigenvalue weighted by molar-refractivity contribution is 0.0447. The van der Waals surface area contributed by atoms with Gasteiger partial charge >= 0.3 is 0 Å². The quantitative estimate of drug-likeness (QED) is 0.824. The van der Waals surface area contributed by atoms with Gasteiger partial charge in [0.05, 0.1) is 5.54 Å². The standard InChI is InChI=1S/C16H26N2O/c1-14-12-18(10-7-11-19-3)16(2,13-17-14)15-8-5-4-6-9-15/h4-6,8-9,14,17H,7,10-13H2,1-3H3. The second kappa shape index (κ2) is 6.51. The Labute approximate surface area is 116 Å². The predicted molar refractivity (Wildman–Crippen MR) is 79.3 cm³/mol. The molecule has 3 heteroatoms. The van der Waals surface area contributed by atoms with Crippen LogP contribution in [0.5, 0.6) is 0 Å². The second-order valence-corrected chi connectivity index (χ2v) is 5.71. The molecule has 2 atom stereocenters. The summed E-state index contributed by atoms with van der Waals surface area (Å²) in [6.45, 7) is 8.62. The van der Waals surface area contributed by atoms with Gasteiger partial charge in [-0.25, -0.2) is 0 Å². The summed E-state index contributed by atoms with van der Waals surface area (Å²) in [4.78, 5) is 2.60. The molecule has 0 radical (unpaired) electrons. The van der Waals surface area contributed by atoms with Crippen LogP contribution in [0.1, 0.15) is 25.8 Å². The molecule has 1 aliphatic rings. The van der Waals surface area contributed by atoms with E-state index in [9.17, 15) is 0 Å². The van der Waals surface area contributed by atoms with E-state index in [1.54, 1.807) is 7.11 Å². The zero-order valence-electron chi connectivity index (χ0n) is 12.4. The maximum atomic E-state index is 5.19. The molecule has 0 aromatic heterocycles. The Morgan fingerprint density at radius 3 is 2.79 bits per heavy atom. The van der Waals surface area contributed by atoms with Crippen molar-refractivity contribution in [2.45, 2.75) is 31.8 Å². The number of hydrogen-bond donors (Lipinski definition) is 1. The lowest BCUT2D eigenvalue weighted by atomic mass is 9.87. The average molecular weight is 262 g/mol. The first-order valence-corrected chi connectivity index (χ1v) is 7.20. The third-order valence-electron chi connectivity index (χ3n) is 4.16. The van der Waals surface area contributed by atoms with Crippen molar-refractivity contribution in [3.63, 3.8) is 0 Å². The summed E-state index contributed by atoms with van der Waals surface area (Å²) in [6.07, 6.45) is 1.09. The monoisotopic (exact) mass is 262 g/mol. The first-order valence-electron chi connectivity index (χ1n) is 7.20. The first kappa shape index (κ1) is 14.5. The molecule has 1 aliphatic heterocycles. The number of hydrogen-bond acceptors (Lipinski definition) is 3. The summed E-state index contributed by atoms with van der Waals surface area (Å²) in [5, 5.41) is 3.62. The molecule has 1 saturated heterocycles. The van der Waals surface area contributed by atoms with Crippen molar-refractivity contribution in [3.8, 4) is 0 Å². The van der Waals surface area contributed by atoms with Crippen molar-refractivity contribution in [1.29, 1.82) is 0 Å². The molecule has 0 spiro atoms. The fourth-order valence-electron chi connectivity index (χ4n) is 2.90. The minimum atomic E-state index is 0.0848. The Balaban J connectivity index is 2.14. The van der Waals surface area contributed by atoms with E-state index >= 15 is 0 Å². The molecule has 1 aromatic carbocycles.